The molecule has 32 heavy (non-hydrogen) atoms. The predicted molar refractivity (Wildman–Crippen MR) is 126 cm³/mol. The summed E-state index contributed by atoms with van der Waals surface area (Å²) < 4.78 is 1.75. The Bertz CT molecular complexity index is 1210. The van der Waals surface area contributed by atoms with Crippen molar-refractivity contribution in [3.63, 3.8) is 0 Å². The summed E-state index contributed by atoms with van der Waals surface area (Å²) in [5.41, 5.74) is 2.18. The topological polar surface area (TPSA) is 74.6 Å². The fraction of sp³-hybridized carbons (Fsp3) is 0.478. The van der Waals surface area contributed by atoms with Gasteiger partial charge in [-0.25, -0.2) is 9.97 Å². The van der Waals surface area contributed by atoms with Crippen LogP contribution in [0.25, 0.3) is 10.2 Å². The molecule has 0 spiro atoms. The van der Waals surface area contributed by atoms with Crippen molar-refractivity contribution in [2.45, 2.75) is 33.4 Å². The molecule has 3 aromatic rings. The van der Waals surface area contributed by atoms with Gasteiger partial charge in [-0.15, -0.1) is 11.3 Å². The fourth-order valence-electron chi connectivity index (χ4n) is 4.60. The maximum absolute atomic E-state index is 13.2. The van der Waals surface area contributed by atoms with Crippen LogP contribution in [0.2, 0.25) is 0 Å². The Labute approximate surface area is 191 Å². The third-order valence-electron chi connectivity index (χ3n) is 6.50. The molecule has 0 radical (unpaired) electrons. The van der Waals surface area contributed by atoms with Crippen LogP contribution in [0.3, 0.4) is 0 Å². The summed E-state index contributed by atoms with van der Waals surface area (Å²) in [7, 11) is 0. The largest absolute Gasteiger partial charge is 0.354 e. The van der Waals surface area contributed by atoms with Crippen LogP contribution in [-0.2, 0) is 24.3 Å². The maximum Gasteiger partial charge on any atom is 0.262 e. The van der Waals surface area contributed by atoms with Crippen molar-refractivity contribution in [3.05, 3.63) is 51.0 Å². The number of carbonyl (C=O) groups excluding carboxylic acids is 1. The number of aromatic nitrogens is 3. The van der Waals surface area contributed by atoms with Crippen LogP contribution in [0.4, 0.5) is 5.82 Å². The maximum atomic E-state index is 13.2. The number of rotatable bonds is 4. The Hall–Kier alpha value is -2.78. The minimum absolute atomic E-state index is 0.0476. The van der Waals surface area contributed by atoms with Crippen molar-refractivity contribution in [1.82, 2.24) is 24.3 Å². The number of hydrogen-bond acceptors (Lipinski definition) is 7. The summed E-state index contributed by atoms with van der Waals surface area (Å²) >= 11 is 1.55. The normalized spacial score (nSPS) is 17.1. The Morgan fingerprint density at radius 2 is 1.94 bits per heavy atom. The molecule has 2 aliphatic rings. The zero-order chi connectivity index (χ0) is 22.2. The first-order chi connectivity index (χ1) is 15.5. The summed E-state index contributed by atoms with van der Waals surface area (Å²) in [6, 6.07) is 6.15. The van der Waals surface area contributed by atoms with Crippen LogP contribution >= 0.6 is 11.3 Å². The Balaban J connectivity index is 1.25. The molecule has 0 saturated carbocycles. The van der Waals surface area contributed by atoms with Crippen molar-refractivity contribution in [3.8, 4) is 0 Å². The van der Waals surface area contributed by atoms with Gasteiger partial charge < -0.3 is 9.80 Å². The molecule has 0 unspecified atom stereocenters. The molecule has 0 bridgehead atoms. The van der Waals surface area contributed by atoms with E-state index in [0.29, 0.717) is 19.6 Å². The third-order valence-corrected chi connectivity index (χ3v) is 7.62. The number of thiophene rings is 1. The molecule has 5 rings (SSSR count). The fourth-order valence-corrected chi connectivity index (χ4v) is 5.79. The minimum atomic E-state index is 0.0476. The number of carbonyl (C=O) groups is 1. The molecule has 1 fully saturated rings. The van der Waals surface area contributed by atoms with Crippen LogP contribution < -0.4 is 10.5 Å². The Morgan fingerprint density at radius 3 is 2.69 bits per heavy atom. The minimum Gasteiger partial charge on any atom is -0.354 e. The number of nitrogens with zero attached hydrogens (tertiary/aromatic N) is 6. The number of aryl methyl sites for hydroxylation is 1. The molecular weight excluding hydrogens is 424 g/mol. The second-order valence-corrected chi connectivity index (χ2v) is 9.67. The summed E-state index contributed by atoms with van der Waals surface area (Å²) in [6.45, 7) is 10.1. The van der Waals surface area contributed by atoms with Crippen LogP contribution in [0.5, 0.6) is 0 Å². The van der Waals surface area contributed by atoms with E-state index in [1.54, 1.807) is 29.2 Å². The van der Waals surface area contributed by atoms with E-state index in [1.165, 1.54) is 0 Å². The van der Waals surface area contributed by atoms with E-state index in [0.717, 1.165) is 71.3 Å². The lowest BCUT2D eigenvalue weighted by Gasteiger charge is -2.35. The standard InChI is InChI=1S/C23H28N6O2S/c1-16-4-3-5-20(25-16)27-11-8-26(9-12-27)10-13-29-15-24-22-21(23(29)31)18-6-7-28(17(2)30)14-19(18)32-22/h3-5,15H,6-14H2,1-2H3. The zero-order valence-electron chi connectivity index (χ0n) is 18.6. The number of fused-ring (bicyclic) bond motifs is 3. The van der Waals surface area contributed by atoms with Crippen LogP contribution in [-0.4, -0.2) is 69.5 Å². The van der Waals surface area contributed by atoms with E-state index in [-0.39, 0.29) is 11.5 Å². The van der Waals surface area contributed by atoms with Gasteiger partial charge in [0.1, 0.15) is 10.6 Å². The lowest BCUT2D eigenvalue weighted by molar-refractivity contribution is -0.129. The SMILES string of the molecule is CC(=O)N1CCc2c(sc3ncn(CCN4CCN(c5cccc(C)n5)CC4)c(=O)c23)C1. The summed E-state index contributed by atoms with van der Waals surface area (Å²) in [6.07, 6.45) is 2.41. The highest BCUT2D eigenvalue weighted by Crippen LogP contribution is 2.32. The quantitative estimate of drug-likeness (QED) is 0.602. The van der Waals surface area contributed by atoms with Gasteiger partial charge in [0.2, 0.25) is 5.91 Å². The van der Waals surface area contributed by atoms with Crippen molar-refractivity contribution in [2.24, 2.45) is 0 Å². The van der Waals surface area contributed by atoms with Crippen LogP contribution in [0.1, 0.15) is 23.1 Å². The van der Waals surface area contributed by atoms with Gasteiger partial charge in [0.25, 0.3) is 5.56 Å². The first kappa shape index (κ1) is 21.1. The number of piperazine rings is 1. The molecule has 0 atom stereocenters. The number of anilines is 1. The van der Waals surface area contributed by atoms with Gasteiger partial charge in [0, 0.05) is 63.3 Å². The van der Waals surface area contributed by atoms with Crippen molar-refractivity contribution >= 4 is 33.3 Å². The first-order valence-electron chi connectivity index (χ1n) is 11.2. The van der Waals surface area contributed by atoms with Gasteiger partial charge in [0.15, 0.2) is 0 Å². The van der Waals surface area contributed by atoms with Gasteiger partial charge >= 0.3 is 0 Å². The van der Waals surface area contributed by atoms with E-state index in [4.69, 9.17) is 0 Å². The molecule has 3 aromatic heterocycles. The van der Waals surface area contributed by atoms with E-state index >= 15 is 0 Å². The van der Waals surface area contributed by atoms with Crippen LogP contribution in [0.15, 0.2) is 29.3 Å². The van der Waals surface area contributed by atoms with Gasteiger partial charge in [-0.3, -0.25) is 19.1 Å². The molecular formula is C23H28N6O2S. The van der Waals surface area contributed by atoms with Crippen molar-refractivity contribution in [1.29, 1.82) is 0 Å². The third kappa shape index (κ3) is 4.02. The van der Waals surface area contributed by atoms with E-state index in [2.05, 4.69) is 31.9 Å². The molecule has 9 heteroatoms. The van der Waals surface area contributed by atoms with E-state index in [1.807, 2.05) is 17.9 Å². The number of pyridine rings is 1. The van der Waals surface area contributed by atoms with Crippen LogP contribution in [0, 0.1) is 6.92 Å². The summed E-state index contributed by atoms with van der Waals surface area (Å²) in [4.78, 5) is 42.6. The number of amides is 1. The molecule has 1 saturated heterocycles. The van der Waals surface area contributed by atoms with Gasteiger partial charge in [-0.05, 0) is 31.0 Å². The van der Waals surface area contributed by atoms with Gasteiger partial charge in [-0.2, -0.15) is 0 Å². The average molecular weight is 453 g/mol. The number of hydrogen-bond donors (Lipinski definition) is 0. The summed E-state index contributed by atoms with van der Waals surface area (Å²) in [5, 5.41) is 0.756. The molecule has 2 aliphatic heterocycles. The van der Waals surface area contributed by atoms with Crippen molar-refractivity contribution in [2.75, 3.05) is 44.2 Å². The smallest absolute Gasteiger partial charge is 0.262 e. The molecule has 5 heterocycles. The predicted octanol–water partition coefficient (Wildman–Crippen LogP) is 1.89. The van der Waals surface area contributed by atoms with Crippen molar-refractivity contribution < 1.29 is 4.79 Å². The monoisotopic (exact) mass is 452 g/mol. The highest BCUT2D eigenvalue weighted by molar-refractivity contribution is 7.18. The summed E-state index contributed by atoms with van der Waals surface area (Å²) in [5.74, 6) is 1.12. The van der Waals surface area contributed by atoms with E-state index in [9.17, 15) is 9.59 Å². The molecule has 1 amide bonds. The lowest BCUT2D eigenvalue weighted by atomic mass is 10.1. The molecule has 0 N–H and O–H groups in total. The highest BCUT2D eigenvalue weighted by Gasteiger charge is 2.25. The molecule has 0 aromatic carbocycles. The molecule has 0 aliphatic carbocycles. The average Bonchev–Trinajstić information content (AvgIpc) is 3.17. The highest BCUT2D eigenvalue weighted by atomic mass is 32.1. The molecule has 168 valence electrons. The Morgan fingerprint density at radius 1 is 1.12 bits per heavy atom. The Kier molecular flexibility index (Phi) is 5.69. The second-order valence-electron chi connectivity index (χ2n) is 8.58. The molecule has 8 nitrogen and oxygen atoms in total. The second kappa shape index (κ2) is 8.63. The van der Waals surface area contributed by atoms with Gasteiger partial charge in [-0.1, -0.05) is 6.07 Å². The van der Waals surface area contributed by atoms with Gasteiger partial charge in [0.05, 0.1) is 18.3 Å². The lowest BCUT2D eigenvalue weighted by Crippen LogP contribution is -2.47. The zero-order valence-corrected chi connectivity index (χ0v) is 19.4. The first-order valence-corrected chi connectivity index (χ1v) is 12.0. The van der Waals surface area contributed by atoms with E-state index < -0.39 is 0 Å².